The van der Waals surface area contributed by atoms with Crippen LogP contribution in [0.2, 0.25) is 10.0 Å². The molecule has 2 nitrogen and oxygen atoms in total. The minimum Gasteiger partial charge on any atom is -0.493 e. The van der Waals surface area contributed by atoms with Crippen LogP contribution in [-0.4, -0.2) is 11.2 Å². The van der Waals surface area contributed by atoms with E-state index in [9.17, 15) is 0 Å². The molecule has 4 rings (SSSR count). The number of hydrogen-bond acceptors (Lipinski definition) is 1. The lowest BCUT2D eigenvalue weighted by atomic mass is 10.1. The summed E-state index contributed by atoms with van der Waals surface area (Å²) in [6, 6.07) is 12.0. The molecule has 0 spiro atoms. The number of rotatable bonds is 2. The van der Waals surface area contributed by atoms with E-state index in [1.54, 1.807) is 0 Å². The molecular weight excluding hydrogens is 305 g/mol. The van der Waals surface area contributed by atoms with Crippen LogP contribution >= 0.6 is 23.2 Å². The lowest BCUT2D eigenvalue weighted by molar-refractivity contribution is 0.353. The van der Waals surface area contributed by atoms with E-state index in [4.69, 9.17) is 27.9 Å². The molecule has 106 valence electrons. The Labute approximate surface area is 132 Å². The second kappa shape index (κ2) is 4.97. The Balaban J connectivity index is 1.81. The van der Waals surface area contributed by atoms with Crippen LogP contribution in [0.5, 0.6) is 5.75 Å². The smallest absolute Gasteiger partial charge is 0.127 e. The molecule has 1 aliphatic rings. The molecule has 0 atom stereocenters. The number of halogens is 2. The molecule has 21 heavy (non-hydrogen) atoms. The van der Waals surface area contributed by atoms with Crippen LogP contribution in [0, 0.1) is 0 Å². The van der Waals surface area contributed by atoms with Crippen LogP contribution in [0.4, 0.5) is 0 Å². The molecular formula is C17H13Cl2NO. The molecule has 2 heterocycles. The molecule has 3 aromatic rings. The summed E-state index contributed by atoms with van der Waals surface area (Å²) in [5, 5.41) is 2.61. The van der Waals surface area contributed by atoms with Crippen molar-refractivity contribution < 1.29 is 4.74 Å². The summed E-state index contributed by atoms with van der Waals surface area (Å²) in [4.78, 5) is 0. The molecule has 0 saturated heterocycles. The van der Waals surface area contributed by atoms with E-state index in [-0.39, 0.29) is 0 Å². The lowest BCUT2D eigenvalue weighted by Crippen LogP contribution is -2.00. The molecule has 0 radical (unpaired) electrons. The van der Waals surface area contributed by atoms with Crippen molar-refractivity contribution in [3.05, 3.63) is 63.8 Å². The van der Waals surface area contributed by atoms with Crippen molar-refractivity contribution in [2.24, 2.45) is 0 Å². The molecule has 0 N–H and O–H groups in total. The van der Waals surface area contributed by atoms with Crippen LogP contribution in [0.1, 0.15) is 11.1 Å². The maximum absolute atomic E-state index is 6.23. The third-order valence-corrected chi connectivity index (χ3v) is 4.47. The van der Waals surface area contributed by atoms with E-state index in [0.717, 1.165) is 51.8 Å². The quantitative estimate of drug-likeness (QED) is 0.653. The standard InChI is InChI=1S/C17H13Cl2NO/c18-13-8-11-5-7-21-17(11)12(9-13)10-20-6-4-14-15(19)2-1-3-16(14)20/h1-4,6,8-9H,5,7,10H2. The summed E-state index contributed by atoms with van der Waals surface area (Å²) in [7, 11) is 0. The fourth-order valence-electron chi connectivity index (χ4n) is 2.97. The van der Waals surface area contributed by atoms with Gasteiger partial charge < -0.3 is 9.30 Å². The minimum atomic E-state index is 0.729. The van der Waals surface area contributed by atoms with Gasteiger partial charge in [0.15, 0.2) is 0 Å². The molecule has 0 bridgehead atoms. The zero-order chi connectivity index (χ0) is 14.4. The van der Waals surface area contributed by atoms with Gasteiger partial charge in [0, 0.05) is 39.1 Å². The van der Waals surface area contributed by atoms with Crippen molar-refractivity contribution in [3.63, 3.8) is 0 Å². The number of nitrogens with zero attached hydrogens (tertiary/aromatic N) is 1. The van der Waals surface area contributed by atoms with E-state index in [2.05, 4.69) is 16.8 Å². The average Bonchev–Trinajstić information content (AvgIpc) is 3.07. The van der Waals surface area contributed by atoms with E-state index >= 15 is 0 Å². The first-order chi connectivity index (χ1) is 10.2. The summed E-state index contributed by atoms with van der Waals surface area (Å²) in [6.45, 7) is 1.47. The Morgan fingerprint density at radius 2 is 2.05 bits per heavy atom. The summed E-state index contributed by atoms with van der Waals surface area (Å²) in [6.07, 6.45) is 2.99. The Kier molecular flexibility index (Phi) is 3.09. The Bertz CT molecular complexity index is 838. The zero-order valence-electron chi connectivity index (χ0n) is 11.3. The predicted octanol–water partition coefficient (Wildman–Crippen LogP) is 4.93. The van der Waals surface area contributed by atoms with Crippen molar-refractivity contribution >= 4 is 34.1 Å². The highest BCUT2D eigenvalue weighted by Gasteiger charge is 2.18. The Morgan fingerprint density at radius 1 is 1.14 bits per heavy atom. The average molecular weight is 318 g/mol. The predicted molar refractivity (Wildman–Crippen MR) is 86.7 cm³/mol. The van der Waals surface area contributed by atoms with Gasteiger partial charge >= 0.3 is 0 Å². The summed E-state index contributed by atoms with van der Waals surface area (Å²) >= 11 is 12.5. The van der Waals surface area contributed by atoms with Gasteiger partial charge in [-0.2, -0.15) is 0 Å². The first kappa shape index (κ1) is 13.1. The SMILES string of the molecule is Clc1cc2c(c(Cn3ccc4c(Cl)cccc43)c1)OCC2. The molecule has 2 aromatic carbocycles. The molecule has 0 saturated carbocycles. The summed E-state index contributed by atoms with van der Waals surface area (Å²) < 4.78 is 7.95. The molecule has 0 unspecified atom stereocenters. The van der Waals surface area contributed by atoms with Crippen molar-refractivity contribution in [2.75, 3.05) is 6.61 Å². The highest BCUT2D eigenvalue weighted by Crippen LogP contribution is 2.34. The van der Waals surface area contributed by atoms with Gasteiger partial charge in [-0.1, -0.05) is 29.3 Å². The third-order valence-electron chi connectivity index (χ3n) is 3.93. The first-order valence-electron chi connectivity index (χ1n) is 6.90. The van der Waals surface area contributed by atoms with Crippen LogP contribution in [-0.2, 0) is 13.0 Å². The molecule has 1 aliphatic heterocycles. The number of fused-ring (bicyclic) bond motifs is 2. The molecule has 0 aliphatic carbocycles. The van der Waals surface area contributed by atoms with Crippen molar-refractivity contribution in [1.82, 2.24) is 4.57 Å². The topological polar surface area (TPSA) is 14.2 Å². The summed E-state index contributed by atoms with van der Waals surface area (Å²) in [5.41, 5.74) is 3.44. The van der Waals surface area contributed by atoms with E-state index in [0.29, 0.717) is 0 Å². The molecule has 1 aromatic heterocycles. The largest absolute Gasteiger partial charge is 0.493 e. The molecule has 0 amide bonds. The van der Waals surface area contributed by atoms with Crippen LogP contribution in [0.3, 0.4) is 0 Å². The van der Waals surface area contributed by atoms with Gasteiger partial charge in [0.2, 0.25) is 0 Å². The van der Waals surface area contributed by atoms with E-state index in [1.807, 2.05) is 30.3 Å². The maximum atomic E-state index is 6.23. The highest BCUT2D eigenvalue weighted by atomic mass is 35.5. The number of benzene rings is 2. The lowest BCUT2D eigenvalue weighted by Gasteiger charge is -2.11. The minimum absolute atomic E-state index is 0.729. The fraction of sp³-hybridized carbons (Fsp3) is 0.176. The van der Waals surface area contributed by atoms with E-state index < -0.39 is 0 Å². The van der Waals surface area contributed by atoms with Gasteiger partial charge in [0.1, 0.15) is 5.75 Å². The highest BCUT2D eigenvalue weighted by molar-refractivity contribution is 6.35. The first-order valence-corrected chi connectivity index (χ1v) is 7.65. The van der Waals surface area contributed by atoms with Crippen LogP contribution < -0.4 is 4.74 Å². The van der Waals surface area contributed by atoms with Gasteiger partial charge in [0.25, 0.3) is 0 Å². The van der Waals surface area contributed by atoms with Crippen molar-refractivity contribution in [3.8, 4) is 5.75 Å². The zero-order valence-corrected chi connectivity index (χ0v) is 12.8. The van der Waals surface area contributed by atoms with Crippen LogP contribution in [0.15, 0.2) is 42.6 Å². The molecule has 4 heteroatoms. The number of aromatic nitrogens is 1. The summed E-state index contributed by atoms with van der Waals surface area (Å²) in [5.74, 6) is 0.989. The second-order valence-electron chi connectivity index (χ2n) is 5.27. The third kappa shape index (κ3) is 2.19. The van der Waals surface area contributed by atoms with Gasteiger partial charge in [-0.25, -0.2) is 0 Å². The van der Waals surface area contributed by atoms with Gasteiger partial charge in [-0.3, -0.25) is 0 Å². The Hall–Kier alpha value is -1.64. The maximum Gasteiger partial charge on any atom is 0.127 e. The van der Waals surface area contributed by atoms with Crippen LogP contribution in [0.25, 0.3) is 10.9 Å². The van der Waals surface area contributed by atoms with Gasteiger partial charge in [0.05, 0.1) is 13.2 Å². The van der Waals surface area contributed by atoms with Gasteiger partial charge in [-0.05, 0) is 35.9 Å². The number of ether oxygens (including phenoxy) is 1. The monoisotopic (exact) mass is 317 g/mol. The Morgan fingerprint density at radius 3 is 2.95 bits per heavy atom. The van der Waals surface area contributed by atoms with Gasteiger partial charge in [-0.15, -0.1) is 0 Å². The molecule has 0 fully saturated rings. The second-order valence-corrected chi connectivity index (χ2v) is 6.11. The van der Waals surface area contributed by atoms with Crippen molar-refractivity contribution in [1.29, 1.82) is 0 Å². The number of hydrogen-bond donors (Lipinski definition) is 0. The normalized spacial score (nSPS) is 13.4. The fourth-order valence-corrected chi connectivity index (χ4v) is 3.47. The van der Waals surface area contributed by atoms with Crippen molar-refractivity contribution in [2.45, 2.75) is 13.0 Å². The van der Waals surface area contributed by atoms with E-state index in [1.165, 1.54) is 5.56 Å².